The van der Waals surface area contributed by atoms with Gasteiger partial charge in [0.05, 0.1) is 12.1 Å². The molecule has 0 saturated heterocycles. The number of aliphatic hydroxyl groups excluding tert-OH is 1. The van der Waals surface area contributed by atoms with E-state index in [1.165, 1.54) is 4.90 Å². The van der Waals surface area contributed by atoms with Gasteiger partial charge in [0.15, 0.2) is 0 Å². The van der Waals surface area contributed by atoms with Crippen LogP contribution in [0.2, 0.25) is 0 Å². The van der Waals surface area contributed by atoms with Crippen LogP contribution in [0.15, 0.2) is 30.3 Å². The molecule has 0 aliphatic rings. The number of rotatable bonds is 9. The molecule has 5 nitrogen and oxygen atoms in total. The zero-order valence-electron chi connectivity index (χ0n) is 16.2. The molecule has 0 radical (unpaired) electrons. The summed E-state index contributed by atoms with van der Waals surface area (Å²) >= 11 is 0. The van der Waals surface area contributed by atoms with Crippen LogP contribution in [0.4, 0.5) is 4.79 Å². The van der Waals surface area contributed by atoms with Crippen LogP contribution in [0.3, 0.4) is 0 Å². The van der Waals surface area contributed by atoms with E-state index in [4.69, 9.17) is 0 Å². The number of nitrogens with zero attached hydrogens (tertiary/aromatic N) is 1. The lowest BCUT2D eigenvalue weighted by atomic mass is 9.94. The van der Waals surface area contributed by atoms with Crippen molar-refractivity contribution >= 4 is 6.09 Å². The summed E-state index contributed by atoms with van der Waals surface area (Å²) in [5, 5.41) is 23.8. The Balaban J connectivity index is 2.91. The monoisotopic (exact) mass is 350 g/mol. The lowest BCUT2D eigenvalue weighted by molar-refractivity contribution is 0.00782. The Hall–Kier alpha value is -1.59. The highest BCUT2D eigenvalue weighted by Gasteiger charge is 2.37. The topological polar surface area (TPSA) is 72.8 Å². The second kappa shape index (κ2) is 9.78. The molecule has 0 spiro atoms. The van der Waals surface area contributed by atoms with Gasteiger partial charge in [-0.15, -0.1) is 0 Å². The van der Waals surface area contributed by atoms with Crippen LogP contribution >= 0.6 is 0 Å². The summed E-state index contributed by atoms with van der Waals surface area (Å²) in [5.74, 6) is 0.592. The Morgan fingerprint density at radius 3 is 2.28 bits per heavy atom. The number of carbonyl (C=O) groups is 1. The molecule has 0 aliphatic heterocycles. The molecular weight excluding hydrogens is 316 g/mol. The average Bonchev–Trinajstić information content (AvgIpc) is 2.49. The molecule has 1 amide bonds. The Morgan fingerprint density at radius 1 is 1.20 bits per heavy atom. The molecule has 0 unspecified atom stereocenters. The highest BCUT2D eigenvalue weighted by atomic mass is 16.4. The van der Waals surface area contributed by atoms with Crippen LogP contribution in [0.1, 0.15) is 46.6 Å². The van der Waals surface area contributed by atoms with Crippen molar-refractivity contribution in [2.75, 3.05) is 13.1 Å². The van der Waals surface area contributed by atoms with Crippen molar-refractivity contribution in [2.45, 2.75) is 65.1 Å². The van der Waals surface area contributed by atoms with E-state index in [1.54, 1.807) is 0 Å². The molecule has 0 aromatic heterocycles. The van der Waals surface area contributed by atoms with Crippen LogP contribution in [-0.2, 0) is 6.42 Å². The van der Waals surface area contributed by atoms with Crippen molar-refractivity contribution in [1.82, 2.24) is 10.2 Å². The summed E-state index contributed by atoms with van der Waals surface area (Å²) in [6.45, 7) is 11.1. The maximum atomic E-state index is 11.9. The minimum Gasteiger partial charge on any atom is -0.465 e. The van der Waals surface area contributed by atoms with Gasteiger partial charge in [0.1, 0.15) is 0 Å². The summed E-state index contributed by atoms with van der Waals surface area (Å²) in [6.07, 6.45) is -0.271. The standard InChI is InChI=1S/C20H34N2O3/c1-15(2)11-12-21-14-18(23)17(13-16-9-7-6-8-10-16)22(19(24)25)20(3,4)5/h6-10,15,17-18,21,23H,11-14H2,1-5H3,(H,24,25)/t17-,18+/m0/s1. The zero-order chi connectivity index (χ0) is 19.0. The number of carboxylic acid groups (broad SMARTS) is 1. The fraction of sp³-hybridized carbons (Fsp3) is 0.650. The molecule has 0 heterocycles. The fourth-order valence-corrected chi connectivity index (χ4v) is 2.96. The maximum Gasteiger partial charge on any atom is 0.408 e. The van der Waals surface area contributed by atoms with Gasteiger partial charge in [-0.2, -0.15) is 0 Å². The summed E-state index contributed by atoms with van der Waals surface area (Å²) in [7, 11) is 0. The summed E-state index contributed by atoms with van der Waals surface area (Å²) in [5.41, 5.74) is 0.425. The Labute approximate surface area is 152 Å². The van der Waals surface area contributed by atoms with E-state index in [-0.39, 0.29) is 0 Å². The van der Waals surface area contributed by atoms with Gasteiger partial charge in [0.2, 0.25) is 0 Å². The van der Waals surface area contributed by atoms with E-state index in [1.807, 2.05) is 51.1 Å². The summed E-state index contributed by atoms with van der Waals surface area (Å²) in [4.78, 5) is 13.3. The minimum atomic E-state index is -1.00. The third-order valence-electron chi connectivity index (χ3n) is 4.24. The molecule has 3 N–H and O–H groups in total. The first-order valence-electron chi connectivity index (χ1n) is 9.08. The van der Waals surface area contributed by atoms with Gasteiger partial charge in [0.25, 0.3) is 0 Å². The van der Waals surface area contributed by atoms with Gasteiger partial charge in [0, 0.05) is 12.1 Å². The zero-order valence-corrected chi connectivity index (χ0v) is 16.2. The first-order valence-corrected chi connectivity index (χ1v) is 9.08. The Morgan fingerprint density at radius 2 is 1.80 bits per heavy atom. The fourth-order valence-electron chi connectivity index (χ4n) is 2.96. The Bertz CT molecular complexity index is 511. The van der Waals surface area contributed by atoms with E-state index >= 15 is 0 Å². The van der Waals surface area contributed by atoms with Crippen molar-refractivity contribution in [2.24, 2.45) is 5.92 Å². The van der Waals surface area contributed by atoms with Crippen molar-refractivity contribution in [1.29, 1.82) is 0 Å². The number of hydrogen-bond acceptors (Lipinski definition) is 3. The molecule has 5 heteroatoms. The predicted octanol–water partition coefficient (Wildman–Crippen LogP) is 3.37. The highest BCUT2D eigenvalue weighted by molar-refractivity contribution is 5.66. The van der Waals surface area contributed by atoms with Crippen LogP contribution < -0.4 is 5.32 Å². The summed E-state index contributed by atoms with van der Waals surface area (Å²) in [6, 6.07) is 9.22. The molecule has 1 aromatic carbocycles. The van der Waals surface area contributed by atoms with Crippen LogP contribution in [0, 0.1) is 5.92 Å². The summed E-state index contributed by atoms with van der Waals surface area (Å²) < 4.78 is 0. The Kier molecular flexibility index (Phi) is 8.39. The smallest absolute Gasteiger partial charge is 0.408 e. The van der Waals surface area contributed by atoms with Gasteiger partial charge in [-0.3, -0.25) is 4.90 Å². The third kappa shape index (κ3) is 7.45. The molecule has 2 atom stereocenters. The van der Waals surface area contributed by atoms with Crippen LogP contribution in [-0.4, -0.2) is 52.0 Å². The SMILES string of the molecule is CC(C)CCNC[C@@H](O)[C@H](Cc1ccccc1)N(C(=O)O)C(C)(C)C. The normalized spacial score (nSPS) is 14.4. The second-order valence-electron chi connectivity index (χ2n) is 8.03. The van der Waals surface area contributed by atoms with Gasteiger partial charge in [-0.05, 0) is 51.6 Å². The number of benzene rings is 1. The lowest BCUT2D eigenvalue weighted by Crippen LogP contribution is -2.58. The second-order valence-corrected chi connectivity index (χ2v) is 8.03. The van der Waals surface area contributed by atoms with Crippen molar-refractivity contribution in [3.05, 3.63) is 35.9 Å². The largest absolute Gasteiger partial charge is 0.465 e. The predicted molar refractivity (Wildman–Crippen MR) is 102 cm³/mol. The molecule has 142 valence electrons. The van der Waals surface area contributed by atoms with Crippen LogP contribution in [0.25, 0.3) is 0 Å². The van der Waals surface area contributed by atoms with Crippen LogP contribution in [0.5, 0.6) is 0 Å². The van der Waals surface area contributed by atoms with Gasteiger partial charge < -0.3 is 15.5 Å². The van der Waals surface area contributed by atoms with Crippen molar-refractivity contribution in [3.63, 3.8) is 0 Å². The van der Waals surface area contributed by atoms with E-state index in [9.17, 15) is 15.0 Å². The minimum absolute atomic E-state index is 0.379. The van der Waals surface area contributed by atoms with E-state index in [0.717, 1.165) is 18.5 Å². The van der Waals surface area contributed by atoms with Crippen molar-refractivity contribution in [3.8, 4) is 0 Å². The number of nitrogens with one attached hydrogen (secondary N) is 1. The molecule has 1 rings (SSSR count). The lowest BCUT2D eigenvalue weighted by Gasteiger charge is -2.42. The molecule has 0 aliphatic carbocycles. The van der Waals surface area contributed by atoms with E-state index in [2.05, 4.69) is 19.2 Å². The van der Waals surface area contributed by atoms with Gasteiger partial charge >= 0.3 is 6.09 Å². The molecule has 0 bridgehead atoms. The number of amides is 1. The van der Waals surface area contributed by atoms with Gasteiger partial charge in [-0.25, -0.2) is 4.79 Å². The third-order valence-corrected chi connectivity index (χ3v) is 4.24. The number of hydrogen-bond donors (Lipinski definition) is 3. The molecule has 1 aromatic rings. The first kappa shape index (κ1) is 21.5. The maximum absolute atomic E-state index is 11.9. The van der Waals surface area contributed by atoms with Crippen molar-refractivity contribution < 1.29 is 15.0 Å². The molecule has 0 saturated carbocycles. The highest BCUT2D eigenvalue weighted by Crippen LogP contribution is 2.22. The molecule has 0 fully saturated rings. The quantitative estimate of drug-likeness (QED) is 0.597. The first-order chi connectivity index (χ1) is 11.6. The van der Waals surface area contributed by atoms with E-state index < -0.39 is 23.8 Å². The average molecular weight is 351 g/mol. The van der Waals surface area contributed by atoms with E-state index in [0.29, 0.717) is 18.9 Å². The number of aliphatic hydroxyl groups is 1. The van der Waals surface area contributed by atoms with Gasteiger partial charge in [-0.1, -0.05) is 44.2 Å². The molecule has 25 heavy (non-hydrogen) atoms. The molecular formula is C20H34N2O3.